The molecule has 0 saturated heterocycles. The molecule has 3 aromatic rings. The Kier molecular flexibility index (Phi) is 3.01. The monoisotopic (exact) mass is 305 g/mol. The molecule has 0 bridgehead atoms. The van der Waals surface area contributed by atoms with Gasteiger partial charge in [-0.3, -0.25) is 4.79 Å². The summed E-state index contributed by atoms with van der Waals surface area (Å²) in [5, 5.41) is 13.2. The standard InChI is InChI=1S/C14H9F2N3O3/c1-6-4-10(20)17-13-11(6)12(14(21)22)18-19(13)9-5-7(15)2-3-8(9)16/h2-5H,1H3,(H,17,20)(H,21,22). The maximum atomic E-state index is 13.9. The molecule has 6 nitrogen and oxygen atoms in total. The van der Waals surface area contributed by atoms with Crippen LogP contribution in [0, 0.1) is 18.6 Å². The third kappa shape index (κ3) is 2.05. The Labute approximate surface area is 121 Å². The minimum absolute atomic E-state index is 0.00750. The molecule has 0 saturated carbocycles. The Bertz CT molecular complexity index is 975. The molecule has 0 spiro atoms. The van der Waals surface area contributed by atoms with Gasteiger partial charge in [0.25, 0.3) is 0 Å². The van der Waals surface area contributed by atoms with Gasteiger partial charge >= 0.3 is 5.97 Å². The second-order valence-electron chi connectivity index (χ2n) is 4.70. The second kappa shape index (κ2) is 4.76. The fourth-order valence-electron chi connectivity index (χ4n) is 2.30. The van der Waals surface area contributed by atoms with E-state index in [9.17, 15) is 23.5 Å². The average molecular weight is 305 g/mol. The third-order valence-electron chi connectivity index (χ3n) is 3.21. The number of pyridine rings is 1. The number of aromatic nitrogens is 3. The number of rotatable bonds is 2. The minimum Gasteiger partial charge on any atom is -0.476 e. The Balaban J connectivity index is 2.47. The Morgan fingerprint density at radius 1 is 1.32 bits per heavy atom. The molecule has 3 rings (SSSR count). The van der Waals surface area contributed by atoms with Crippen LogP contribution in [0.4, 0.5) is 8.78 Å². The van der Waals surface area contributed by atoms with Crippen LogP contribution in [-0.4, -0.2) is 25.8 Å². The van der Waals surface area contributed by atoms with E-state index < -0.39 is 23.2 Å². The van der Waals surface area contributed by atoms with Gasteiger partial charge in [0, 0.05) is 12.1 Å². The quantitative estimate of drug-likeness (QED) is 0.758. The zero-order chi connectivity index (χ0) is 16.0. The zero-order valence-corrected chi connectivity index (χ0v) is 11.2. The first-order valence-corrected chi connectivity index (χ1v) is 6.20. The number of carboxylic acid groups (broad SMARTS) is 1. The number of fused-ring (bicyclic) bond motifs is 1. The molecule has 0 aliphatic heterocycles. The van der Waals surface area contributed by atoms with Gasteiger partial charge in [-0.1, -0.05) is 0 Å². The predicted molar refractivity (Wildman–Crippen MR) is 73.3 cm³/mol. The number of H-pyrrole nitrogens is 1. The molecule has 2 heterocycles. The number of nitrogens with one attached hydrogen (secondary N) is 1. The summed E-state index contributed by atoms with van der Waals surface area (Å²) >= 11 is 0. The molecule has 0 atom stereocenters. The fraction of sp³-hybridized carbons (Fsp3) is 0.0714. The largest absolute Gasteiger partial charge is 0.476 e. The number of carboxylic acids is 1. The first-order valence-electron chi connectivity index (χ1n) is 6.20. The van der Waals surface area contributed by atoms with E-state index in [1.165, 1.54) is 13.0 Å². The van der Waals surface area contributed by atoms with E-state index in [1.807, 2.05) is 0 Å². The molecule has 22 heavy (non-hydrogen) atoms. The van der Waals surface area contributed by atoms with Crippen LogP contribution in [0.1, 0.15) is 16.1 Å². The van der Waals surface area contributed by atoms with Crippen molar-refractivity contribution in [2.45, 2.75) is 6.92 Å². The van der Waals surface area contributed by atoms with Crippen LogP contribution < -0.4 is 5.56 Å². The molecular formula is C14H9F2N3O3. The third-order valence-corrected chi connectivity index (χ3v) is 3.21. The molecule has 2 aromatic heterocycles. The van der Waals surface area contributed by atoms with E-state index in [1.54, 1.807) is 0 Å². The van der Waals surface area contributed by atoms with Crippen LogP contribution in [0.15, 0.2) is 29.1 Å². The van der Waals surface area contributed by atoms with Gasteiger partial charge in [0.05, 0.1) is 5.39 Å². The SMILES string of the molecule is Cc1cc(=O)[nH]c2c1c(C(=O)O)nn2-c1cc(F)ccc1F. The van der Waals surface area contributed by atoms with Gasteiger partial charge < -0.3 is 10.1 Å². The van der Waals surface area contributed by atoms with Crippen molar-refractivity contribution in [1.29, 1.82) is 0 Å². The van der Waals surface area contributed by atoms with Crippen molar-refractivity contribution in [3.8, 4) is 5.69 Å². The number of nitrogens with zero attached hydrogens (tertiary/aromatic N) is 2. The molecule has 0 aliphatic rings. The molecule has 0 radical (unpaired) electrons. The predicted octanol–water partition coefficient (Wildman–Crippen LogP) is 2.00. The number of carbonyl (C=O) groups is 1. The summed E-state index contributed by atoms with van der Waals surface area (Å²) in [6.45, 7) is 1.54. The van der Waals surface area contributed by atoms with Crippen LogP contribution in [0.2, 0.25) is 0 Å². The Morgan fingerprint density at radius 3 is 2.73 bits per heavy atom. The van der Waals surface area contributed by atoms with Crippen LogP contribution in [0.25, 0.3) is 16.7 Å². The highest BCUT2D eigenvalue weighted by atomic mass is 19.1. The summed E-state index contributed by atoms with van der Waals surface area (Å²) < 4.78 is 28.2. The smallest absolute Gasteiger partial charge is 0.357 e. The van der Waals surface area contributed by atoms with Crippen molar-refractivity contribution in [1.82, 2.24) is 14.8 Å². The van der Waals surface area contributed by atoms with Gasteiger partial charge in [-0.25, -0.2) is 18.3 Å². The fourth-order valence-corrected chi connectivity index (χ4v) is 2.30. The molecule has 2 N–H and O–H groups in total. The Morgan fingerprint density at radius 2 is 2.05 bits per heavy atom. The molecule has 8 heteroatoms. The van der Waals surface area contributed by atoms with Gasteiger partial charge in [0.2, 0.25) is 5.56 Å². The molecule has 1 aromatic carbocycles. The van der Waals surface area contributed by atoms with Crippen molar-refractivity contribution in [2.75, 3.05) is 0 Å². The van der Waals surface area contributed by atoms with Crippen molar-refractivity contribution in [2.24, 2.45) is 0 Å². The van der Waals surface area contributed by atoms with Gasteiger partial charge in [0.1, 0.15) is 23.0 Å². The maximum Gasteiger partial charge on any atom is 0.357 e. The lowest BCUT2D eigenvalue weighted by atomic mass is 10.1. The van der Waals surface area contributed by atoms with Crippen LogP contribution >= 0.6 is 0 Å². The first kappa shape index (κ1) is 13.9. The van der Waals surface area contributed by atoms with E-state index in [0.29, 0.717) is 5.56 Å². The number of halogens is 2. The lowest BCUT2D eigenvalue weighted by molar-refractivity contribution is 0.0692. The van der Waals surface area contributed by atoms with Crippen molar-refractivity contribution < 1.29 is 18.7 Å². The van der Waals surface area contributed by atoms with E-state index in [2.05, 4.69) is 10.1 Å². The molecule has 0 unspecified atom stereocenters. The lowest BCUT2D eigenvalue weighted by Crippen LogP contribution is -2.08. The molecule has 112 valence electrons. The summed E-state index contributed by atoms with van der Waals surface area (Å²) in [7, 11) is 0. The summed E-state index contributed by atoms with van der Waals surface area (Å²) in [4.78, 5) is 25.3. The molecular weight excluding hydrogens is 296 g/mol. The van der Waals surface area contributed by atoms with Crippen LogP contribution in [0.5, 0.6) is 0 Å². The first-order chi connectivity index (χ1) is 10.4. The summed E-state index contributed by atoms with van der Waals surface area (Å²) in [5.41, 5.74) is -0.780. The van der Waals surface area contributed by atoms with Gasteiger partial charge in [-0.05, 0) is 24.6 Å². The van der Waals surface area contributed by atoms with Gasteiger partial charge in [-0.15, -0.1) is 0 Å². The number of hydrogen-bond acceptors (Lipinski definition) is 3. The van der Waals surface area contributed by atoms with E-state index in [-0.39, 0.29) is 22.4 Å². The normalized spacial score (nSPS) is 11.0. The second-order valence-corrected chi connectivity index (χ2v) is 4.70. The van der Waals surface area contributed by atoms with Gasteiger partial charge in [-0.2, -0.15) is 5.10 Å². The topological polar surface area (TPSA) is 88.0 Å². The van der Waals surface area contributed by atoms with E-state index in [0.717, 1.165) is 22.9 Å². The van der Waals surface area contributed by atoms with Crippen LogP contribution in [-0.2, 0) is 0 Å². The molecule has 0 fully saturated rings. The highest BCUT2D eigenvalue weighted by Gasteiger charge is 2.21. The Hall–Kier alpha value is -3.03. The summed E-state index contributed by atoms with van der Waals surface area (Å²) in [5.74, 6) is -2.85. The van der Waals surface area contributed by atoms with Crippen molar-refractivity contribution >= 4 is 17.0 Å². The number of aryl methyl sites for hydroxylation is 1. The van der Waals surface area contributed by atoms with Crippen LogP contribution in [0.3, 0.4) is 0 Å². The highest BCUT2D eigenvalue weighted by Crippen LogP contribution is 2.24. The molecule has 0 amide bonds. The molecule has 0 aliphatic carbocycles. The number of aromatic carboxylic acids is 1. The van der Waals surface area contributed by atoms with E-state index in [4.69, 9.17) is 0 Å². The number of aromatic amines is 1. The lowest BCUT2D eigenvalue weighted by Gasteiger charge is -2.05. The maximum absolute atomic E-state index is 13.9. The number of benzene rings is 1. The summed E-state index contributed by atoms with van der Waals surface area (Å²) in [6.07, 6.45) is 0. The average Bonchev–Trinajstić information content (AvgIpc) is 2.81. The van der Waals surface area contributed by atoms with Gasteiger partial charge in [0.15, 0.2) is 5.69 Å². The van der Waals surface area contributed by atoms with Crippen molar-refractivity contribution in [3.05, 3.63) is 57.5 Å². The highest BCUT2D eigenvalue weighted by molar-refractivity contribution is 6.01. The minimum atomic E-state index is -1.34. The van der Waals surface area contributed by atoms with E-state index >= 15 is 0 Å². The summed E-state index contributed by atoms with van der Waals surface area (Å²) in [6, 6.07) is 3.90. The number of hydrogen-bond donors (Lipinski definition) is 2. The van der Waals surface area contributed by atoms with Crippen molar-refractivity contribution in [3.63, 3.8) is 0 Å². The zero-order valence-electron chi connectivity index (χ0n) is 11.2.